The standard InChI is InChI=1S/C14H30N4O3S/c1-14(2,3)18-13(15-4)16-8-10-22(19,20)17-11-12-7-5-6-9-21-12/h12,17H,5-11H2,1-4H3,(H2,15,16,18). The number of nitrogens with zero attached hydrogens (tertiary/aromatic N) is 1. The molecule has 1 heterocycles. The van der Waals surface area contributed by atoms with E-state index in [4.69, 9.17) is 4.74 Å². The largest absolute Gasteiger partial charge is 0.377 e. The van der Waals surface area contributed by atoms with E-state index in [9.17, 15) is 8.42 Å². The lowest BCUT2D eigenvalue weighted by Crippen LogP contribution is -2.49. The predicted octanol–water partition coefficient (Wildman–Crippen LogP) is 0.438. The average Bonchev–Trinajstić information content (AvgIpc) is 2.44. The molecule has 0 bridgehead atoms. The van der Waals surface area contributed by atoms with Crippen LogP contribution in [0, 0.1) is 0 Å². The second-order valence-electron chi connectivity index (χ2n) is 6.53. The van der Waals surface area contributed by atoms with Crippen molar-refractivity contribution in [1.82, 2.24) is 15.4 Å². The first-order valence-electron chi connectivity index (χ1n) is 7.79. The summed E-state index contributed by atoms with van der Waals surface area (Å²) in [6.45, 7) is 7.43. The molecule has 1 aliphatic heterocycles. The highest BCUT2D eigenvalue weighted by Crippen LogP contribution is 2.11. The van der Waals surface area contributed by atoms with Gasteiger partial charge in [0.15, 0.2) is 5.96 Å². The van der Waals surface area contributed by atoms with Crippen LogP contribution in [0.3, 0.4) is 0 Å². The Morgan fingerprint density at radius 2 is 2.05 bits per heavy atom. The molecule has 0 amide bonds. The number of nitrogens with one attached hydrogen (secondary N) is 3. The maximum Gasteiger partial charge on any atom is 0.213 e. The Balaban J connectivity index is 2.29. The molecule has 22 heavy (non-hydrogen) atoms. The molecule has 7 nitrogen and oxygen atoms in total. The fourth-order valence-corrected chi connectivity index (χ4v) is 3.05. The average molecular weight is 334 g/mol. The van der Waals surface area contributed by atoms with Gasteiger partial charge in [0, 0.05) is 32.3 Å². The number of guanidine groups is 1. The minimum atomic E-state index is -3.30. The highest BCUT2D eigenvalue weighted by molar-refractivity contribution is 7.89. The lowest BCUT2D eigenvalue weighted by molar-refractivity contribution is 0.0200. The summed E-state index contributed by atoms with van der Waals surface area (Å²) in [4.78, 5) is 4.07. The molecule has 0 aromatic carbocycles. The van der Waals surface area contributed by atoms with Crippen LogP contribution in [0.15, 0.2) is 4.99 Å². The summed E-state index contributed by atoms with van der Waals surface area (Å²) in [6.07, 6.45) is 3.09. The number of rotatable bonds is 6. The fraction of sp³-hybridized carbons (Fsp3) is 0.929. The van der Waals surface area contributed by atoms with E-state index < -0.39 is 10.0 Å². The molecule has 1 atom stereocenters. The lowest BCUT2D eigenvalue weighted by atomic mass is 10.1. The number of aliphatic imine (C=N–C) groups is 1. The van der Waals surface area contributed by atoms with Crippen LogP contribution in [0.1, 0.15) is 40.0 Å². The van der Waals surface area contributed by atoms with Crippen molar-refractivity contribution < 1.29 is 13.2 Å². The van der Waals surface area contributed by atoms with Crippen LogP contribution in [-0.4, -0.2) is 58.5 Å². The van der Waals surface area contributed by atoms with E-state index in [0.717, 1.165) is 25.9 Å². The third-order valence-corrected chi connectivity index (χ3v) is 4.53. The summed E-state index contributed by atoms with van der Waals surface area (Å²) in [6, 6.07) is 0. The quantitative estimate of drug-likeness (QED) is 0.484. The summed E-state index contributed by atoms with van der Waals surface area (Å²) >= 11 is 0. The number of hydrogen-bond donors (Lipinski definition) is 3. The first kappa shape index (κ1) is 19.2. The van der Waals surface area contributed by atoms with Gasteiger partial charge in [-0.25, -0.2) is 13.1 Å². The van der Waals surface area contributed by atoms with Crippen LogP contribution in [0.4, 0.5) is 0 Å². The van der Waals surface area contributed by atoms with Gasteiger partial charge < -0.3 is 15.4 Å². The van der Waals surface area contributed by atoms with E-state index >= 15 is 0 Å². The van der Waals surface area contributed by atoms with Gasteiger partial charge in [0.1, 0.15) is 0 Å². The maximum atomic E-state index is 12.0. The van der Waals surface area contributed by atoms with E-state index in [1.807, 2.05) is 20.8 Å². The monoisotopic (exact) mass is 334 g/mol. The number of hydrogen-bond acceptors (Lipinski definition) is 4. The van der Waals surface area contributed by atoms with Crippen molar-refractivity contribution in [2.45, 2.75) is 51.7 Å². The number of ether oxygens (including phenoxy) is 1. The van der Waals surface area contributed by atoms with Crippen molar-refractivity contribution in [3.63, 3.8) is 0 Å². The molecule has 1 fully saturated rings. The van der Waals surface area contributed by atoms with Crippen molar-refractivity contribution >= 4 is 16.0 Å². The molecular formula is C14H30N4O3S. The Morgan fingerprint density at radius 1 is 1.32 bits per heavy atom. The Labute approximate surface area is 134 Å². The van der Waals surface area contributed by atoms with Crippen molar-refractivity contribution in [1.29, 1.82) is 0 Å². The number of sulfonamides is 1. The van der Waals surface area contributed by atoms with E-state index in [2.05, 4.69) is 20.3 Å². The second kappa shape index (κ2) is 8.69. The van der Waals surface area contributed by atoms with Crippen LogP contribution in [0.5, 0.6) is 0 Å². The molecule has 0 aromatic rings. The van der Waals surface area contributed by atoms with Crippen LogP contribution in [0.25, 0.3) is 0 Å². The normalized spacial score (nSPS) is 20.7. The van der Waals surface area contributed by atoms with Gasteiger partial charge in [0.05, 0.1) is 11.9 Å². The minimum Gasteiger partial charge on any atom is -0.377 e. The Bertz CT molecular complexity index is 451. The zero-order valence-corrected chi connectivity index (χ0v) is 14.9. The molecule has 0 radical (unpaired) electrons. The van der Waals surface area contributed by atoms with E-state index in [-0.39, 0.29) is 17.4 Å². The van der Waals surface area contributed by atoms with Gasteiger partial charge in [-0.15, -0.1) is 0 Å². The van der Waals surface area contributed by atoms with Crippen molar-refractivity contribution in [3.8, 4) is 0 Å². The topological polar surface area (TPSA) is 91.8 Å². The van der Waals surface area contributed by atoms with Gasteiger partial charge in [-0.1, -0.05) is 0 Å². The van der Waals surface area contributed by atoms with Gasteiger partial charge in [0.25, 0.3) is 0 Å². The van der Waals surface area contributed by atoms with Gasteiger partial charge in [-0.3, -0.25) is 4.99 Å². The molecule has 1 rings (SSSR count). The van der Waals surface area contributed by atoms with Gasteiger partial charge in [-0.05, 0) is 40.0 Å². The Hall–Kier alpha value is -0.860. The van der Waals surface area contributed by atoms with Crippen LogP contribution in [-0.2, 0) is 14.8 Å². The molecule has 1 aliphatic rings. The minimum absolute atomic E-state index is 0.00453. The first-order valence-corrected chi connectivity index (χ1v) is 9.45. The summed E-state index contributed by atoms with van der Waals surface area (Å²) in [5, 5.41) is 6.19. The van der Waals surface area contributed by atoms with Gasteiger partial charge in [0.2, 0.25) is 10.0 Å². The van der Waals surface area contributed by atoms with Crippen molar-refractivity contribution in [2.75, 3.05) is 32.5 Å². The SMILES string of the molecule is CN=C(NCCS(=O)(=O)NCC1CCCCO1)NC(C)(C)C. The molecule has 3 N–H and O–H groups in total. The summed E-state index contributed by atoms with van der Waals surface area (Å²) < 4.78 is 32.1. The van der Waals surface area contributed by atoms with Crippen molar-refractivity contribution in [2.24, 2.45) is 4.99 Å². The van der Waals surface area contributed by atoms with E-state index in [0.29, 0.717) is 19.0 Å². The fourth-order valence-electron chi connectivity index (χ4n) is 2.10. The van der Waals surface area contributed by atoms with E-state index in [1.165, 1.54) is 0 Å². The molecule has 8 heteroatoms. The maximum absolute atomic E-state index is 12.0. The first-order chi connectivity index (χ1) is 10.2. The van der Waals surface area contributed by atoms with Gasteiger partial charge in [-0.2, -0.15) is 0 Å². The Morgan fingerprint density at radius 3 is 2.59 bits per heavy atom. The second-order valence-corrected chi connectivity index (χ2v) is 8.46. The van der Waals surface area contributed by atoms with Crippen LogP contribution >= 0.6 is 0 Å². The zero-order valence-electron chi connectivity index (χ0n) is 14.1. The molecule has 0 aromatic heterocycles. The van der Waals surface area contributed by atoms with Gasteiger partial charge >= 0.3 is 0 Å². The Kier molecular flexibility index (Phi) is 7.58. The zero-order chi connectivity index (χ0) is 16.6. The molecule has 130 valence electrons. The third-order valence-electron chi connectivity index (χ3n) is 3.19. The molecular weight excluding hydrogens is 304 g/mol. The molecule has 1 saturated heterocycles. The summed E-state index contributed by atoms with van der Waals surface area (Å²) in [5.74, 6) is 0.600. The highest BCUT2D eigenvalue weighted by atomic mass is 32.2. The van der Waals surface area contributed by atoms with Crippen LogP contribution < -0.4 is 15.4 Å². The molecule has 0 spiro atoms. The molecule has 1 unspecified atom stereocenters. The summed E-state index contributed by atoms with van der Waals surface area (Å²) in [7, 11) is -1.64. The summed E-state index contributed by atoms with van der Waals surface area (Å²) in [5.41, 5.74) is -0.128. The highest BCUT2D eigenvalue weighted by Gasteiger charge is 2.18. The molecule has 0 aliphatic carbocycles. The van der Waals surface area contributed by atoms with Crippen molar-refractivity contribution in [3.05, 3.63) is 0 Å². The third kappa shape index (κ3) is 8.55. The molecule has 0 saturated carbocycles. The predicted molar refractivity (Wildman–Crippen MR) is 89.6 cm³/mol. The van der Waals surface area contributed by atoms with Crippen LogP contribution in [0.2, 0.25) is 0 Å². The van der Waals surface area contributed by atoms with E-state index in [1.54, 1.807) is 7.05 Å². The smallest absolute Gasteiger partial charge is 0.213 e. The lowest BCUT2D eigenvalue weighted by Gasteiger charge is -2.24.